The summed E-state index contributed by atoms with van der Waals surface area (Å²) in [5.41, 5.74) is 1.93. The number of aromatic nitrogens is 2. The molecular formula is C16H17N3O2S. The van der Waals surface area contributed by atoms with Crippen molar-refractivity contribution >= 4 is 22.9 Å². The number of aliphatic hydroxyl groups is 1. The summed E-state index contributed by atoms with van der Waals surface area (Å²) in [7, 11) is 0. The summed E-state index contributed by atoms with van der Waals surface area (Å²) in [6.07, 6.45) is 3.41. The fourth-order valence-corrected chi connectivity index (χ4v) is 3.05. The van der Waals surface area contributed by atoms with Crippen molar-refractivity contribution in [2.45, 2.75) is 19.4 Å². The Bertz CT molecular complexity index is 806. The minimum atomic E-state index is -1.09. The standard InChI is InChI=1S/C16H17N3O2S/c1-11-3-4-14-17-7-13(19(14)8-11)15(20)18-10-16(2,21)12-5-6-22-9-12/h3-9,21H,10H2,1-2H3,(H,18,20). The van der Waals surface area contributed by atoms with E-state index in [1.54, 1.807) is 17.5 Å². The number of carbonyl (C=O) groups is 1. The molecule has 1 unspecified atom stereocenters. The van der Waals surface area contributed by atoms with Crippen molar-refractivity contribution < 1.29 is 9.90 Å². The highest BCUT2D eigenvalue weighted by Gasteiger charge is 2.25. The predicted octanol–water partition coefficient (Wildman–Crippen LogP) is 2.34. The molecule has 114 valence electrons. The Morgan fingerprint density at radius 2 is 2.27 bits per heavy atom. The normalized spacial score (nSPS) is 14.0. The minimum absolute atomic E-state index is 0.140. The lowest BCUT2D eigenvalue weighted by Gasteiger charge is -2.22. The Morgan fingerprint density at radius 1 is 1.45 bits per heavy atom. The molecule has 1 amide bonds. The molecule has 0 aliphatic carbocycles. The van der Waals surface area contributed by atoms with Gasteiger partial charge in [0.1, 0.15) is 16.9 Å². The SMILES string of the molecule is Cc1ccc2ncc(C(=O)NCC(C)(O)c3ccsc3)n2c1. The molecule has 1 atom stereocenters. The van der Waals surface area contributed by atoms with E-state index in [1.165, 1.54) is 11.3 Å². The van der Waals surface area contributed by atoms with Crippen molar-refractivity contribution in [1.82, 2.24) is 14.7 Å². The van der Waals surface area contributed by atoms with Gasteiger partial charge in [-0.1, -0.05) is 6.07 Å². The molecule has 0 aliphatic heterocycles. The van der Waals surface area contributed by atoms with E-state index < -0.39 is 5.60 Å². The molecule has 0 fully saturated rings. The zero-order valence-electron chi connectivity index (χ0n) is 12.4. The first kappa shape index (κ1) is 14.7. The summed E-state index contributed by atoms with van der Waals surface area (Å²) in [6.45, 7) is 3.79. The molecule has 3 heterocycles. The fourth-order valence-electron chi connectivity index (χ4n) is 2.27. The predicted molar refractivity (Wildman–Crippen MR) is 86.2 cm³/mol. The number of nitrogens with zero attached hydrogens (tertiary/aromatic N) is 2. The van der Waals surface area contributed by atoms with Crippen molar-refractivity contribution in [3.8, 4) is 0 Å². The van der Waals surface area contributed by atoms with Gasteiger partial charge in [0.2, 0.25) is 0 Å². The number of imidazole rings is 1. The molecule has 6 heteroatoms. The summed E-state index contributed by atoms with van der Waals surface area (Å²) in [6, 6.07) is 5.67. The van der Waals surface area contributed by atoms with Gasteiger partial charge in [0.25, 0.3) is 5.91 Å². The number of aryl methyl sites for hydroxylation is 1. The van der Waals surface area contributed by atoms with Crippen LogP contribution in [0.25, 0.3) is 5.65 Å². The van der Waals surface area contributed by atoms with Gasteiger partial charge in [-0.25, -0.2) is 4.98 Å². The average molecular weight is 315 g/mol. The maximum absolute atomic E-state index is 12.4. The zero-order chi connectivity index (χ0) is 15.7. The van der Waals surface area contributed by atoms with Gasteiger partial charge >= 0.3 is 0 Å². The summed E-state index contributed by atoms with van der Waals surface area (Å²) >= 11 is 1.52. The van der Waals surface area contributed by atoms with E-state index >= 15 is 0 Å². The number of rotatable bonds is 4. The number of nitrogens with one attached hydrogen (secondary N) is 1. The molecule has 2 N–H and O–H groups in total. The molecule has 0 bridgehead atoms. The molecule has 3 rings (SSSR count). The lowest BCUT2D eigenvalue weighted by atomic mass is 9.99. The highest BCUT2D eigenvalue weighted by molar-refractivity contribution is 7.08. The van der Waals surface area contributed by atoms with Crippen molar-refractivity contribution in [2.75, 3.05) is 6.54 Å². The van der Waals surface area contributed by atoms with Crippen LogP contribution in [0.5, 0.6) is 0 Å². The first-order valence-corrected chi connectivity index (χ1v) is 7.88. The first-order valence-electron chi connectivity index (χ1n) is 6.94. The third-order valence-corrected chi connectivity index (χ3v) is 4.31. The van der Waals surface area contributed by atoms with Crippen LogP contribution < -0.4 is 5.32 Å². The molecule has 22 heavy (non-hydrogen) atoms. The summed E-state index contributed by atoms with van der Waals surface area (Å²) in [4.78, 5) is 16.6. The van der Waals surface area contributed by atoms with Gasteiger partial charge in [0, 0.05) is 6.20 Å². The van der Waals surface area contributed by atoms with E-state index in [9.17, 15) is 9.90 Å². The quantitative estimate of drug-likeness (QED) is 0.776. The van der Waals surface area contributed by atoms with Crippen LogP contribution in [0, 0.1) is 6.92 Å². The molecule has 0 saturated carbocycles. The second-order valence-electron chi connectivity index (χ2n) is 5.55. The smallest absolute Gasteiger partial charge is 0.270 e. The number of hydrogen-bond donors (Lipinski definition) is 2. The van der Waals surface area contributed by atoms with Gasteiger partial charge in [-0.15, -0.1) is 0 Å². The number of carbonyl (C=O) groups excluding carboxylic acids is 1. The molecule has 3 aromatic rings. The molecule has 3 aromatic heterocycles. The Kier molecular flexibility index (Phi) is 3.72. The zero-order valence-corrected chi connectivity index (χ0v) is 13.2. The third-order valence-electron chi connectivity index (χ3n) is 3.62. The topological polar surface area (TPSA) is 66.6 Å². The molecule has 0 saturated heterocycles. The van der Waals surface area contributed by atoms with Crippen molar-refractivity contribution in [1.29, 1.82) is 0 Å². The van der Waals surface area contributed by atoms with Gasteiger partial charge in [0.15, 0.2) is 0 Å². The second-order valence-corrected chi connectivity index (χ2v) is 6.33. The van der Waals surface area contributed by atoms with Crippen LogP contribution in [0.15, 0.2) is 41.4 Å². The van der Waals surface area contributed by atoms with Crippen molar-refractivity contribution in [2.24, 2.45) is 0 Å². The lowest BCUT2D eigenvalue weighted by Crippen LogP contribution is -2.38. The van der Waals surface area contributed by atoms with Gasteiger partial charge in [-0.3, -0.25) is 9.20 Å². The van der Waals surface area contributed by atoms with Crippen molar-refractivity contribution in [3.05, 3.63) is 58.2 Å². The number of fused-ring (bicyclic) bond motifs is 1. The lowest BCUT2D eigenvalue weighted by molar-refractivity contribution is 0.0528. The van der Waals surface area contributed by atoms with E-state index in [0.29, 0.717) is 5.69 Å². The second kappa shape index (κ2) is 5.55. The van der Waals surface area contributed by atoms with E-state index in [0.717, 1.165) is 16.8 Å². The largest absolute Gasteiger partial charge is 0.384 e. The Morgan fingerprint density at radius 3 is 3.00 bits per heavy atom. The van der Waals surface area contributed by atoms with Crippen LogP contribution in [0.3, 0.4) is 0 Å². The summed E-state index contributed by atoms with van der Waals surface area (Å²) in [5.74, 6) is -0.256. The van der Waals surface area contributed by atoms with Gasteiger partial charge in [0.05, 0.1) is 12.7 Å². The monoisotopic (exact) mass is 315 g/mol. The van der Waals surface area contributed by atoms with E-state index in [2.05, 4.69) is 10.3 Å². The highest BCUT2D eigenvalue weighted by atomic mass is 32.1. The highest BCUT2D eigenvalue weighted by Crippen LogP contribution is 2.22. The summed E-state index contributed by atoms with van der Waals surface area (Å²) in [5, 5.41) is 17.0. The maximum Gasteiger partial charge on any atom is 0.270 e. The Hall–Kier alpha value is -2.18. The number of amides is 1. The maximum atomic E-state index is 12.4. The van der Waals surface area contributed by atoms with Gasteiger partial charge in [-0.2, -0.15) is 11.3 Å². The van der Waals surface area contributed by atoms with Crippen molar-refractivity contribution in [3.63, 3.8) is 0 Å². The minimum Gasteiger partial charge on any atom is -0.384 e. The van der Waals surface area contributed by atoms with Gasteiger partial charge < -0.3 is 10.4 Å². The molecule has 0 aromatic carbocycles. The molecule has 0 spiro atoms. The van der Waals surface area contributed by atoms with Crippen LogP contribution in [0.1, 0.15) is 28.5 Å². The Balaban J connectivity index is 1.78. The average Bonchev–Trinajstić information content (AvgIpc) is 3.14. The van der Waals surface area contributed by atoms with Gasteiger partial charge in [-0.05, 0) is 47.9 Å². The molecule has 5 nitrogen and oxygen atoms in total. The summed E-state index contributed by atoms with van der Waals surface area (Å²) < 4.78 is 1.75. The third kappa shape index (κ3) is 2.75. The number of pyridine rings is 1. The van der Waals surface area contributed by atoms with E-state index in [1.807, 2.05) is 42.1 Å². The molecule has 0 aliphatic rings. The van der Waals surface area contributed by atoms with Crippen LogP contribution in [-0.4, -0.2) is 26.9 Å². The van der Waals surface area contributed by atoms with Crippen LogP contribution in [0.4, 0.5) is 0 Å². The number of hydrogen-bond acceptors (Lipinski definition) is 4. The molecular weight excluding hydrogens is 298 g/mol. The first-order chi connectivity index (χ1) is 10.5. The van der Waals surface area contributed by atoms with Crippen LogP contribution in [0.2, 0.25) is 0 Å². The van der Waals surface area contributed by atoms with E-state index in [4.69, 9.17) is 0 Å². The fraction of sp³-hybridized carbons (Fsp3) is 0.250. The number of thiophene rings is 1. The molecule has 0 radical (unpaired) electrons. The Labute approximate surface area is 132 Å². The van der Waals surface area contributed by atoms with Crippen LogP contribution >= 0.6 is 11.3 Å². The van der Waals surface area contributed by atoms with Crippen LogP contribution in [-0.2, 0) is 5.60 Å². The van der Waals surface area contributed by atoms with E-state index in [-0.39, 0.29) is 12.5 Å².